The molecule has 1 saturated carbocycles. The maximum atomic E-state index is 15.6. The highest BCUT2D eigenvalue weighted by molar-refractivity contribution is 7.93. The number of carboxylic acids is 2. The lowest BCUT2D eigenvalue weighted by Crippen LogP contribution is -2.58. The van der Waals surface area contributed by atoms with Crippen LogP contribution in [0, 0.1) is 29.4 Å². The lowest BCUT2D eigenvalue weighted by molar-refractivity contribution is -0.150. The number of hydrogen-bond donors (Lipinski definition) is 4. The lowest BCUT2D eigenvalue weighted by Gasteiger charge is -2.28. The van der Waals surface area contributed by atoms with E-state index < -0.39 is 183 Å². The normalized spacial score (nSPS) is 17.4. The van der Waals surface area contributed by atoms with Gasteiger partial charge in [-0.15, -0.1) is 0 Å². The maximum absolute atomic E-state index is 15.6. The van der Waals surface area contributed by atoms with Gasteiger partial charge in [0.15, 0.2) is 21.3 Å². The number of urea groups is 1. The molecule has 0 spiro atoms. The second kappa shape index (κ2) is 19.2. The molecule has 4 N–H and O–H groups in total. The second-order valence-corrected chi connectivity index (χ2v) is 23.5. The quantitative estimate of drug-likeness (QED) is 0.0605. The average molecular weight is 1140 g/mol. The molecule has 2 aromatic carbocycles. The monoisotopic (exact) mass is 1140 g/mol. The fourth-order valence-corrected chi connectivity index (χ4v) is 9.83. The van der Waals surface area contributed by atoms with E-state index in [-0.39, 0.29) is 31.3 Å². The van der Waals surface area contributed by atoms with E-state index in [1.807, 2.05) is 0 Å². The van der Waals surface area contributed by atoms with Crippen LogP contribution in [0.4, 0.5) is 54.5 Å². The Morgan fingerprint density at radius 3 is 2.09 bits per heavy atom. The number of carbonyl (C=O) groups excluding carboxylic acids is 2. The largest absolute Gasteiger partial charge is 0.481 e. The zero-order valence-electron chi connectivity index (χ0n) is 39.6. The molecule has 18 nitrogen and oxygen atoms in total. The third kappa shape index (κ3) is 11.3. The van der Waals surface area contributed by atoms with Crippen molar-refractivity contribution in [1.29, 1.82) is 0 Å². The minimum absolute atomic E-state index is 0.105. The molecular weight excluding hydrogens is 1100 g/mol. The summed E-state index contributed by atoms with van der Waals surface area (Å²) in [7, 11) is -9.11. The Kier molecular flexibility index (Phi) is 14.3. The fraction of sp³-hybridized carbons (Fsp3) is 0.400. The van der Waals surface area contributed by atoms with Gasteiger partial charge in [-0.05, 0) is 81.3 Å². The summed E-state index contributed by atoms with van der Waals surface area (Å²) in [6.07, 6.45) is -11.8. The summed E-state index contributed by atoms with van der Waals surface area (Å²) in [5.41, 5.74) is -9.46. The second-order valence-electron chi connectivity index (χ2n) is 18.7. The van der Waals surface area contributed by atoms with E-state index >= 15 is 8.78 Å². The number of nitrogens with zero attached hydrogens (tertiary/aromatic N) is 6. The summed E-state index contributed by atoms with van der Waals surface area (Å²) < 4.78 is 198. The third-order valence-electron chi connectivity index (χ3n) is 12.4. The van der Waals surface area contributed by atoms with E-state index in [1.54, 1.807) is 5.32 Å². The number of alkyl halides is 8. The number of rotatable bonds is 15. The van der Waals surface area contributed by atoms with Crippen LogP contribution in [0.5, 0.6) is 0 Å². The number of pyridine rings is 1. The molecule has 0 saturated heterocycles. The predicted octanol–water partition coefficient (Wildman–Crippen LogP) is 7.08. The number of sulfone groups is 1. The Balaban J connectivity index is 1.50. The van der Waals surface area contributed by atoms with Gasteiger partial charge in [0.2, 0.25) is 15.9 Å². The van der Waals surface area contributed by atoms with Crippen molar-refractivity contribution in [3.05, 3.63) is 93.0 Å². The van der Waals surface area contributed by atoms with Crippen molar-refractivity contribution in [2.24, 2.45) is 5.92 Å². The molecule has 408 valence electrons. The predicted molar refractivity (Wildman–Crippen MR) is 247 cm³/mol. The lowest BCUT2D eigenvalue weighted by atomic mass is 9.93. The van der Waals surface area contributed by atoms with Gasteiger partial charge in [-0.2, -0.15) is 49.6 Å². The summed E-state index contributed by atoms with van der Waals surface area (Å²) >= 11 is 6.59. The van der Waals surface area contributed by atoms with Crippen LogP contribution in [0.15, 0.2) is 42.5 Å². The van der Waals surface area contributed by atoms with E-state index in [0.29, 0.717) is 19.2 Å². The number of amides is 3. The molecule has 76 heavy (non-hydrogen) atoms. The number of hydrogen-bond acceptors (Lipinski definition) is 11. The Labute approximate surface area is 428 Å². The molecular formula is C45H39ClF10N8O10S2. The zero-order chi connectivity index (χ0) is 56.8. The van der Waals surface area contributed by atoms with Crippen LogP contribution in [0.25, 0.3) is 22.0 Å². The third-order valence-corrected chi connectivity index (χ3v) is 15.6. The van der Waals surface area contributed by atoms with Crippen LogP contribution >= 0.6 is 11.6 Å². The molecule has 3 aromatic heterocycles. The number of aromatic nitrogens is 5. The van der Waals surface area contributed by atoms with Crippen molar-refractivity contribution < 1.29 is 90.1 Å². The van der Waals surface area contributed by atoms with Crippen LogP contribution in [0.1, 0.15) is 79.5 Å². The Bertz CT molecular complexity index is 3560. The molecule has 0 unspecified atom stereocenters. The van der Waals surface area contributed by atoms with Crippen LogP contribution in [0.3, 0.4) is 0 Å². The number of nitrogens with one attached hydrogen (secondary N) is 2. The van der Waals surface area contributed by atoms with Gasteiger partial charge >= 0.3 is 30.3 Å². The number of carboxylic acid groups (broad SMARTS) is 2. The van der Waals surface area contributed by atoms with Gasteiger partial charge in [-0.25, -0.2) is 40.2 Å². The number of anilines is 1. The highest BCUT2D eigenvalue weighted by Crippen LogP contribution is 2.68. The van der Waals surface area contributed by atoms with Crippen LogP contribution in [-0.2, 0) is 65.9 Å². The minimum Gasteiger partial charge on any atom is -0.481 e. The van der Waals surface area contributed by atoms with E-state index in [2.05, 4.69) is 32.3 Å². The fourth-order valence-electron chi connectivity index (χ4n) is 8.57. The number of halogens is 11. The first-order valence-electron chi connectivity index (χ1n) is 21.8. The molecule has 7 rings (SSSR count). The van der Waals surface area contributed by atoms with E-state index in [0.717, 1.165) is 42.7 Å². The molecule has 0 bridgehead atoms. The molecule has 2 aliphatic rings. The van der Waals surface area contributed by atoms with Crippen LogP contribution in [0.2, 0.25) is 5.02 Å². The summed E-state index contributed by atoms with van der Waals surface area (Å²) in [5.74, 6) is -10.5. The number of carbonyl (C=O) groups is 4. The van der Waals surface area contributed by atoms with Crippen molar-refractivity contribution >= 4 is 72.1 Å². The first-order chi connectivity index (χ1) is 34.7. The van der Waals surface area contributed by atoms with Gasteiger partial charge in [0.05, 0.1) is 40.3 Å². The van der Waals surface area contributed by atoms with Crippen molar-refractivity contribution in [2.45, 2.75) is 93.6 Å². The smallest absolute Gasteiger partial charge is 0.435 e. The van der Waals surface area contributed by atoms with E-state index in [9.17, 15) is 81.4 Å². The SMILES string of the molecule is CC(C)(C#Cc1ccc(-c2ccc(Cl)c3c(N(C(=O)N[C@@](C)(CC(=O)O)C(=O)O)S(C)(=O)=O)nn(CC(F)(F)F)c23)c([C@H](Cc2cc(F)cc(F)c2)NC(=O)Cn2nc(C(F)(F)F)c3c2C(F)(F)[C@@H]2C[C@H]32)n1)S(C)(=O)=O. The summed E-state index contributed by atoms with van der Waals surface area (Å²) in [4.78, 5) is 56.4. The molecule has 3 amide bonds. The van der Waals surface area contributed by atoms with Gasteiger partial charge in [0, 0.05) is 34.9 Å². The summed E-state index contributed by atoms with van der Waals surface area (Å²) in [6.45, 7) is -0.425. The number of aliphatic carboxylic acids is 2. The molecule has 5 aromatic rings. The maximum Gasteiger partial charge on any atom is 0.435 e. The van der Waals surface area contributed by atoms with Gasteiger partial charge < -0.3 is 20.8 Å². The molecule has 2 aliphatic carbocycles. The van der Waals surface area contributed by atoms with Gasteiger partial charge in [-0.3, -0.25) is 19.0 Å². The molecule has 4 atom stereocenters. The van der Waals surface area contributed by atoms with Crippen molar-refractivity contribution in [3.63, 3.8) is 0 Å². The highest BCUT2D eigenvalue weighted by Gasteiger charge is 2.68. The Morgan fingerprint density at radius 1 is 0.921 bits per heavy atom. The van der Waals surface area contributed by atoms with Crippen molar-refractivity contribution in [3.8, 4) is 23.0 Å². The molecule has 1 fully saturated rings. The number of sulfonamides is 1. The Morgan fingerprint density at radius 2 is 1.54 bits per heavy atom. The van der Waals surface area contributed by atoms with Crippen molar-refractivity contribution in [2.75, 3.05) is 16.8 Å². The summed E-state index contributed by atoms with van der Waals surface area (Å²) in [6, 6.07) is 2.18. The minimum atomic E-state index is -5.27. The first kappa shape index (κ1) is 56.7. The van der Waals surface area contributed by atoms with E-state index in [4.69, 9.17) is 11.6 Å². The number of fused-ring (bicyclic) bond motifs is 4. The standard InChI is InChI=1S/C45H39ClF10N8O10S2/c1-41(2,75(4,71)72)11-10-23-6-7-24(25-8-9-28(46)33-35(25)63(19-43(49,50)51)61-38(33)64(76(5,73)74)40(70)59-42(3,39(68)69)17-31(66)67)34(57-23)29(14-20-12-21(47)15-22(48)13-20)58-30(65)18-62-37-32(36(60-62)45(54,55)56)26-16-27(26)44(37,52)53/h6-9,12-13,15,26-27,29H,14,16-19H2,1-5H3,(H,58,65)(H,59,70)(H,66,67)(H,68,69)/t26-,27+,29-,42-/m0/s1. The zero-order valence-corrected chi connectivity index (χ0v) is 42.0. The number of benzene rings is 2. The van der Waals surface area contributed by atoms with Gasteiger partial charge in [-0.1, -0.05) is 23.6 Å². The molecule has 31 heteroatoms. The molecule has 0 aliphatic heterocycles. The van der Waals surface area contributed by atoms with Gasteiger partial charge in [0.25, 0.3) is 5.92 Å². The van der Waals surface area contributed by atoms with Crippen LogP contribution < -0.4 is 14.9 Å². The molecule has 0 radical (unpaired) electrons. The average Bonchev–Trinajstić information content (AvgIpc) is 3.76. The van der Waals surface area contributed by atoms with E-state index in [1.165, 1.54) is 13.8 Å². The van der Waals surface area contributed by atoms with Crippen molar-refractivity contribution in [1.82, 2.24) is 35.2 Å². The highest BCUT2D eigenvalue weighted by atomic mass is 35.5. The first-order valence-corrected chi connectivity index (χ1v) is 25.9. The topological polar surface area (TPSA) is 253 Å². The molecule has 3 heterocycles. The van der Waals surface area contributed by atoms with Crippen LogP contribution in [-0.4, -0.2) is 104 Å². The Hall–Kier alpha value is -7.00. The summed E-state index contributed by atoms with van der Waals surface area (Å²) in [5, 5.41) is 29.0. The van der Waals surface area contributed by atoms with Gasteiger partial charge in [0.1, 0.15) is 46.4 Å².